The number of carbonyl (C=O) groups excluding carboxylic acids is 1. The predicted octanol–water partition coefficient (Wildman–Crippen LogP) is 4.02. The van der Waals surface area contributed by atoms with Gasteiger partial charge in [-0.1, -0.05) is 53.7 Å². The Bertz CT molecular complexity index is 1280. The average Bonchev–Trinajstić information content (AvgIpc) is 3.55. The molecule has 4 atom stereocenters. The number of amides is 1. The summed E-state index contributed by atoms with van der Waals surface area (Å²) in [5, 5.41) is 16.1. The van der Waals surface area contributed by atoms with Crippen LogP contribution in [0.1, 0.15) is 34.4 Å². The number of anilines is 1. The number of hydrogen-bond donors (Lipinski definition) is 0. The Labute approximate surface area is 194 Å². The van der Waals surface area contributed by atoms with Crippen LogP contribution >= 0.6 is 11.8 Å². The van der Waals surface area contributed by atoms with Gasteiger partial charge in [-0.25, -0.2) is 0 Å². The van der Waals surface area contributed by atoms with Gasteiger partial charge >= 0.3 is 5.69 Å². The number of aryl methyl sites for hydroxylation is 1. The highest BCUT2D eigenvalue weighted by Crippen LogP contribution is 2.65. The fraction of sp³-hybridized carbons (Fsp3) is 0.333. The maximum atomic E-state index is 14.2. The summed E-state index contributed by atoms with van der Waals surface area (Å²) in [5.74, 6) is 0.839. The quantitative estimate of drug-likeness (QED) is 0.429. The summed E-state index contributed by atoms with van der Waals surface area (Å²) in [7, 11) is 1.78. The molecule has 3 aromatic rings. The van der Waals surface area contributed by atoms with E-state index in [0.29, 0.717) is 5.88 Å². The van der Waals surface area contributed by atoms with Gasteiger partial charge < -0.3 is 9.42 Å². The Balaban J connectivity index is 1.70. The van der Waals surface area contributed by atoms with Gasteiger partial charge in [-0.3, -0.25) is 19.8 Å². The molecule has 0 saturated carbocycles. The van der Waals surface area contributed by atoms with Gasteiger partial charge in [0.15, 0.2) is 5.69 Å². The van der Waals surface area contributed by atoms with Gasteiger partial charge in [0, 0.05) is 41.9 Å². The molecule has 2 fully saturated rings. The molecule has 0 N–H and O–H groups in total. The normalized spacial score (nSPS) is 28.5. The lowest BCUT2D eigenvalue weighted by molar-refractivity contribution is -0.386. The minimum absolute atomic E-state index is 0.0240. The number of benzene rings is 2. The Kier molecular flexibility index (Phi) is 4.44. The number of likely N-dealkylation sites (N-methyl/N-ethyl adjacent to an activating group) is 1. The average molecular weight is 463 g/mol. The SMILES string of the molecule is Cc1noc([C@H]2[C@H](c3ccccc3)[C@H]3CSCN3[C@]23C(=O)N(C)c2ccccc23)c1[N+](=O)[O-]. The first-order valence-corrected chi connectivity index (χ1v) is 12.0. The predicted molar refractivity (Wildman–Crippen MR) is 124 cm³/mol. The number of thioether (sulfide) groups is 1. The number of fused-ring (bicyclic) bond motifs is 4. The van der Waals surface area contributed by atoms with Crippen molar-refractivity contribution in [3.05, 3.63) is 87.3 Å². The Morgan fingerprint density at radius 3 is 2.67 bits per heavy atom. The molecule has 2 saturated heterocycles. The first kappa shape index (κ1) is 20.4. The molecule has 3 aliphatic rings. The minimum atomic E-state index is -1.10. The molecule has 4 heterocycles. The molecule has 1 aromatic heterocycles. The van der Waals surface area contributed by atoms with Crippen LogP contribution in [0.15, 0.2) is 59.1 Å². The highest BCUT2D eigenvalue weighted by atomic mass is 32.2. The molecular weight excluding hydrogens is 440 g/mol. The van der Waals surface area contributed by atoms with Gasteiger partial charge in [0.05, 0.1) is 10.8 Å². The van der Waals surface area contributed by atoms with Gasteiger partial charge in [0.1, 0.15) is 5.54 Å². The van der Waals surface area contributed by atoms with E-state index in [2.05, 4.69) is 10.1 Å². The number of rotatable bonds is 3. The van der Waals surface area contributed by atoms with Crippen LogP contribution < -0.4 is 4.90 Å². The third kappa shape index (κ3) is 2.52. The van der Waals surface area contributed by atoms with Crippen LogP contribution in [0.4, 0.5) is 11.4 Å². The highest BCUT2D eigenvalue weighted by Gasteiger charge is 2.71. The topological polar surface area (TPSA) is 92.7 Å². The van der Waals surface area contributed by atoms with Crippen LogP contribution in [-0.2, 0) is 10.3 Å². The lowest BCUT2D eigenvalue weighted by Crippen LogP contribution is -2.52. The van der Waals surface area contributed by atoms with Gasteiger partial charge in [-0.05, 0) is 18.6 Å². The number of nitro groups is 1. The molecule has 0 radical (unpaired) electrons. The summed E-state index contributed by atoms with van der Waals surface area (Å²) >= 11 is 1.79. The first-order valence-electron chi connectivity index (χ1n) is 10.9. The van der Waals surface area contributed by atoms with E-state index in [9.17, 15) is 14.9 Å². The maximum absolute atomic E-state index is 14.2. The molecule has 9 heteroatoms. The van der Waals surface area contributed by atoms with Gasteiger partial charge in [-0.2, -0.15) is 0 Å². The largest absolute Gasteiger partial charge is 0.353 e. The number of carbonyl (C=O) groups is 1. The van der Waals surface area contributed by atoms with Crippen LogP contribution in [0, 0.1) is 17.0 Å². The van der Waals surface area contributed by atoms with E-state index in [0.717, 1.165) is 22.6 Å². The molecule has 0 aliphatic carbocycles. The molecule has 33 heavy (non-hydrogen) atoms. The van der Waals surface area contributed by atoms with E-state index in [4.69, 9.17) is 4.52 Å². The van der Waals surface area contributed by atoms with Crippen molar-refractivity contribution in [2.24, 2.45) is 0 Å². The van der Waals surface area contributed by atoms with E-state index in [1.54, 1.807) is 30.6 Å². The third-order valence-electron chi connectivity index (χ3n) is 7.41. The van der Waals surface area contributed by atoms with Crippen molar-refractivity contribution in [3.63, 3.8) is 0 Å². The van der Waals surface area contributed by atoms with Crippen molar-refractivity contribution >= 4 is 29.0 Å². The molecule has 0 unspecified atom stereocenters. The van der Waals surface area contributed by atoms with Crippen LogP contribution in [0.5, 0.6) is 0 Å². The van der Waals surface area contributed by atoms with Crippen molar-refractivity contribution in [2.75, 3.05) is 23.6 Å². The lowest BCUT2D eigenvalue weighted by Gasteiger charge is -2.36. The number of aromatic nitrogens is 1. The molecular formula is C24H22N4O4S. The Morgan fingerprint density at radius 1 is 1.18 bits per heavy atom. The Morgan fingerprint density at radius 2 is 1.91 bits per heavy atom. The minimum Gasteiger partial charge on any atom is -0.353 e. The Hall–Kier alpha value is -3.17. The van der Waals surface area contributed by atoms with Gasteiger partial charge in [0.25, 0.3) is 5.91 Å². The van der Waals surface area contributed by atoms with Crippen LogP contribution in [-0.4, -0.2) is 45.6 Å². The van der Waals surface area contributed by atoms with Gasteiger partial charge in [0.2, 0.25) is 5.76 Å². The standard InChI is InChI=1S/C24H22N4O4S/c1-14-21(28(30)31)22(32-25-14)20-19(15-8-4-3-5-9-15)18-12-33-13-27(18)24(20)16-10-6-7-11-17(16)26(2)23(24)29/h3-11,18-20H,12-13H2,1-2H3/t18-,19-,20-,24+/m1/s1. The molecule has 6 rings (SSSR count). The summed E-state index contributed by atoms with van der Waals surface area (Å²) in [6, 6.07) is 17.8. The van der Waals surface area contributed by atoms with E-state index >= 15 is 0 Å². The van der Waals surface area contributed by atoms with Crippen molar-refractivity contribution in [1.82, 2.24) is 10.1 Å². The smallest absolute Gasteiger partial charge is 0.334 e. The summed E-state index contributed by atoms with van der Waals surface area (Å²) < 4.78 is 5.75. The number of nitrogens with zero attached hydrogens (tertiary/aromatic N) is 4. The lowest BCUT2D eigenvalue weighted by atomic mass is 9.71. The zero-order valence-corrected chi connectivity index (χ0v) is 19.0. The molecule has 8 nitrogen and oxygen atoms in total. The molecule has 168 valence electrons. The van der Waals surface area contributed by atoms with Crippen molar-refractivity contribution in [3.8, 4) is 0 Å². The summed E-state index contributed by atoms with van der Waals surface area (Å²) in [5.41, 5.74) is 1.74. The second-order valence-corrected chi connectivity index (χ2v) is 9.84. The second-order valence-electron chi connectivity index (χ2n) is 8.84. The van der Waals surface area contributed by atoms with E-state index < -0.39 is 16.4 Å². The molecule has 1 spiro atoms. The van der Waals surface area contributed by atoms with Gasteiger partial charge in [-0.15, -0.1) is 11.8 Å². The number of hydrogen-bond acceptors (Lipinski definition) is 7. The van der Waals surface area contributed by atoms with E-state index in [1.165, 1.54) is 0 Å². The summed E-state index contributed by atoms with van der Waals surface area (Å²) in [6.07, 6.45) is 0. The zero-order valence-electron chi connectivity index (χ0n) is 18.2. The second kappa shape index (κ2) is 7.16. The maximum Gasteiger partial charge on any atom is 0.334 e. The van der Waals surface area contributed by atoms with Crippen LogP contribution in [0.2, 0.25) is 0 Å². The van der Waals surface area contributed by atoms with E-state index in [-0.39, 0.29) is 35.0 Å². The fourth-order valence-corrected chi connectivity index (χ4v) is 7.50. The number of para-hydroxylation sites is 1. The fourth-order valence-electron chi connectivity index (χ4n) is 6.18. The van der Waals surface area contributed by atoms with Crippen molar-refractivity contribution < 1.29 is 14.2 Å². The molecule has 1 amide bonds. The third-order valence-corrected chi connectivity index (χ3v) is 8.45. The van der Waals surface area contributed by atoms with Crippen molar-refractivity contribution in [2.45, 2.75) is 30.3 Å². The van der Waals surface area contributed by atoms with Crippen LogP contribution in [0.25, 0.3) is 0 Å². The molecule has 3 aliphatic heterocycles. The van der Waals surface area contributed by atoms with Crippen LogP contribution in [0.3, 0.4) is 0 Å². The molecule has 2 aromatic carbocycles. The van der Waals surface area contributed by atoms with Crippen molar-refractivity contribution in [1.29, 1.82) is 0 Å². The van der Waals surface area contributed by atoms with E-state index in [1.807, 2.05) is 54.6 Å². The summed E-state index contributed by atoms with van der Waals surface area (Å²) in [6.45, 7) is 1.58. The highest BCUT2D eigenvalue weighted by molar-refractivity contribution is 7.99. The summed E-state index contributed by atoms with van der Waals surface area (Å²) in [4.78, 5) is 29.9. The molecule has 0 bridgehead atoms. The first-order chi connectivity index (χ1) is 16.0. The monoisotopic (exact) mass is 462 g/mol. The zero-order chi connectivity index (χ0) is 22.9.